The number of ketones is 1. The van der Waals surface area contributed by atoms with Gasteiger partial charge in [0, 0.05) is 6.42 Å². The molecule has 0 aliphatic carbocycles. The van der Waals surface area contributed by atoms with E-state index in [1.54, 1.807) is 12.1 Å². The third-order valence-electron chi connectivity index (χ3n) is 2.76. The van der Waals surface area contributed by atoms with Gasteiger partial charge in [-0.15, -0.1) is 0 Å². The summed E-state index contributed by atoms with van der Waals surface area (Å²) in [5.74, 6) is -0.338. The SMILES string of the molecule is COC(=O)CCCCc1ccc(O)c(C(C)=O)c1. The third kappa shape index (κ3) is 4.20. The minimum atomic E-state index is -0.204. The number of aromatic hydroxyl groups is 1. The van der Waals surface area contributed by atoms with Crippen LogP contribution in [0.1, 0.15) is 42.1 Å². The van der Waals surface area contributed by atoms with Gasteiger partial charge in [0.15, 0.2) is 5.78 Å². The second-order valence-electron chi connectivity index (χ2n) is 4.19. The molecule has 0 aromatic heterocycles. The minimum absolute atomic E-state index is 0.0146. The Kier molecular flexibility index (Phi) is 5.36. The van der Waals surface area contributed by atoms with Crippen molar-refractivity contribution in [1.82, 2.24) is 0 Å². The van der Waals surface area contributed by atoms with Crippen LogP contribution in [0.5, 0.6) is 5.75 Å². The average molecular weight is 250 g/mol. The molecule has 0 atom stereocenters. The van der Waals surface area contributed by atoms with Gasteiger partial charge in [-0.25, -0.2) is 0 Å². The molecule has 0 unspecified atom stereocenters. The van der Waals surface area contributed by atoms with Gasteiger partial charge in [-0.05, 0) is 43.9 Å². The van der Waals surface area contributed by atoms with Gasteiger partial charge in [0.25, 0.3) is 0 Å². The molecule has 4 heteroatoms. The molecule has 1 rings (SSSR count). The van der Waals surface area contributed by atoms with Crippen LogP contribution >= 0.6 is 0 Å². The fraction of sp³-hybridized carbons (Fsp3) is 0.429. The molecule has 98 valence electrons. The highest BCUT2D eigenvalue weighted by atomic mass is 16.5. The number of unbranched alkanes of at least 4 members (excludes halogenated alkanes) is 1. The van der Waals surface area contributed by atoms with Crippen LogP contribution in [0.15, 0.2) is 18.2 Å². The van der Waals surface area contributed by atoms with Crippen molar-refractivity contribution in [1.29, 1.82) is 0 Å². The molecule has 0 amide bonds. The number of esters is 1. The summed E-state index contributed by atoms with van der Waals surface area (Å²) in [4.78, 5) is 22.2. The number of Topliss-reactive ketones (excluding diaryl/α,β-unsaturated/α-hetero) is 1. The number of methoxy groups -OCH3 is 1. The summed E-state index contributed by atoms with van der Waals surface area (Å²) >= 11 is 0. The summed E-state index contributed by atoms with van der Waals surface area (Å²) in [6.45, 7) is 1.43. The first kappa shape index (κ1) is 14.2. The van der Waals surface area contributed by atoms with Gasteiger partial charge in [0.05, 0.1) is 12.7 Å². The Balaban J connectivity index is 2.50. The summed E-state index contributed by atoms with van der Waals surface area (Å²) in [6.07, 6.45) is 2.78. The van der Waals surface area contributed by atoms with Crippen molar-refractivity contribution in [3.8, 4) is 5.75 Å². The van der Waals surface area contributed by atoms with E-state index in [4.69, 9.17) is 0 Å². The Morgan fingerprint density at radius 3 is 2.61 bits per heavy atom. The van der Waals surface area contributed by atoms with E-state index >= 15 is 0 Å². The average Bonchev–Trinajstić information content (AvgIpc) is 2.35. The number of hydrogen-bond donors (Lipinski definition) is 1. The number of carbonyl (C=O) groups excluding carboxylic acids is 2. The van der Waals surface area contributed by atoms with Gasteiger partial charge in [-0.1, -0.05) is 6.07 Å². The van der Waals surface area contributed by atoms with Crippen LogP contribution in [0.2, 0.25) is 0 Å². The molecule has 0 saturated heterocycles. The number of phenols is 1. The first-order valence-electron chi connectivity index (χ1n) is 5.94. The van der Waals surface area contributed by atoms with Crippen LogP contribution in [-0.2, 0) is 16.0 Å². The molecule has 0 heterocycles. The molecule has 0 fully saturated rings. The Morgan fingerprint density at radius 1 is 1.28 bits per heavy atom. The first-order chi connectivity index (χ1) is 8.54. The minimum Gasteiger partial charge on any atom is -0.507 e. The lowest BCUT2D eigenvalue weighted by Gasteiger charge is -2.05. The number of benzene rings is 1. The zero-order valence-corrected chi connectivity index (χ0v) is 10.7. The lowest BCUT2D eigenvalue weighted by Crippen LogP contribution is -2.00. The Labute approximate surface area is 107 Å². The Hall–Kier alpha value is -1.84. The molecule has 1 aromatic carbocycles. The number of phenolic OH excluding ortho intramolecular Hbond substituents is 1. The van der Waals surface area contributed by atoms with E-state index in [0.717, 1.165) is 24.8 Å². The predicted octanol–water partition coefficient (Wildman–Crippen LogP) is 2.48. The van der Waals surface area contributed by atoms with Crippen LogP contribution in [0.25, 0.3) is 0 Å². The molecular formula is C14H18O4. The monoisotopic (exact) mass is 250 g/mol. The number of aryl methyl sites for hydroxylation is 1. The largest absolute Gasteiger partial charge is 0.507 e. The van der Waals surface area contributed by atoms with Crippen molar-refractivity contribution in [2.75, 3.05) is 7.11 Å². The molecule has 0 spiro atoms. The van der Waals surface area contributed by atoms with Crippen molar-refractivity contribution in [3.05, 3.63) is 29.3 Å². The fourth-order valence-electron chi connectivity index (χ4n) is 1.72. The standard InChI is InChI=1S/C14H18O4/c1-10(15)12-9-11(7-8-13(12)16)5-3-4-6-14(17)18-2/h7-9,16H,3-6H2,1-2H3. The van der Waals surface area contributed by atoms with Crippen LogP contribution in [0, 0.1) is 0 Å². The highest BCUT2D eigenvalue weighted by molar-refractivity contribution is 5.96. The van der Waals surface area contributed by atoms with E-state index in [1.807, 2.05) is 0 Å². The van der Waals surface area contributed by atoms with Gasteiger partial charge >= 0.3 is 5.97 Å². The van der Waals surface area contributed by atoms with Crippen LogP contribution < -0.4 is 0 Å². The number of ether oxygens (including phenoxy) is 1. The maximum absolute atomic E-state index is 11.3. The molecule has 1 N–H and O–H groups in total. The molecule has 0 aliphatic rings. The molecular weight excluding hydrogens is 232 g/mol. The fourth-order valence-corrected chi connectivity index (χ4v) is 1.72. The normalized spacial score (nSPS) is 10.1. The number of rotatable bonds is 6. The molecule has 0 saturated carbocycles. The second-order valence-corrected chi connectivity index (χ2v) is 4.19. The first-order valence-corrected chi connectivity index (χ1v) is 5.94. The van der Waals surface area contributed by atoms with Crippen molar-refractivity contribution in [2.24, 2.45) is 0 Å². The molecule has 18 heavy (non-hydrogen) atoms. The summed E-state index contributed by atoms with van der Waals surface area (Å²) in [6, 6.07) is 5.03. The van der Waals surface area contributed by atoms with Crippen LogP contribution in [-0.4, -0.2) is 24.0 Å². The topological polar surface area (TPSA) is 63.6 Å². The third-order valence-corrected chi connectivity index (χ3v) is 2.76. The van der Waals surface area contributed by atoms with Crippen molar-refractivity contribution in [3.63, 3.8) is 0 Å². The number of hydrogen-bond acceptors (Lipinski definition) is 4. The zero-order valence-electron chi connectivity index (χ0n) is 10.7. The molecule has 0 bridgehead atoms. The predicted molar refractivity (Wildman–Crippen MR) is 67.7 cm³/mol. The van der Waals surface area contributed by atoms with Crippen molar-refractivity contribution < 1.29 is 19.4 Å². The van der Waals surface area contributed by atoms with Crippen molar-refractivity contribution >= 4 is 11.8 Å². The van der Waals surface area contributed by atoms with Gasteiger partial charge in [-0.2, -0.15) is 0 Å². The van der Waals surface area contributed by atoms with Gasteiger partial charge < -0.3 is 9.84 Å². The highest BCUT2D eigenvalue weighted by Gasteiger charge is 2.07. The lowest BCUT2D eigenvalue weighted by molar-refractivity contribution is -0.140. The van der Waals surface area contributed by atoms with E-state index in [1.165, 1.54) is 20.1 Å². The van der Waals surface area contributed by atoms with Gasteiger partial charge in [-0.3, -0.25) is 9.59 Å². The van der Waals surface area contributed by atoms with Crippen molar-refractivity contribution in [2.45, 2.75) is 32.6 Å². The van der Waals surface area contributed by atoms with E-state index in [0.29, 0.717) is 12.0 Å². The van der Waals surface area contributed by atoms with E-state index in [-0.39, 0.29) is 17.5 Å². The molecule has 0 aliphatic heterocycles. The Bertz CT molecular complexity index is 437. The molecule has 0 radical (unpaired) electrons. The maximum atomic E-state index is 11.3. The van der Waals surface area contributed by atoms with E-state index in [2.05, 4.69) is 4.74 Å². The molecule has 4 nitrogen and oxygen atoms in total. The highest BCUT2D eigenvalue weighted by Crippen LogP contribution is 2.20. The van der Waals surface area contributed by atoms with E-state index in [9.17, 15) is 14.7 Å². The van der Waals surface area contributed by atoms with Crippen LogP contribution in [0.3, 0.4) is 0 Å². The van der Waals surface area contributed by atoms with Crippen LogP contribution in [0.4, 0.5) is 0 Å². The van der Waals surface area contributed by atoms with E-state index < -0.39 is 0 Å². The second kappa shape index (κ2) is 6.79. The summed E-state index contributed by atoms with van der Waals surface area (Å²) in [5, 5.41) is 9.50. The van der Waals surface area contributed by atoms with Gasteiger partial charge in [0.2, 0.25) is 0 Å². The summed E-state index contributed by atoms with van der Waals surface area (Å²) in [5.41, 5.74) is 1.34. The maximum Gasteiger partial charge on any atom is 0.305 e. The summed E-state index contributed by atoms with van der Waals surface area (Å²) < 4.78 is 4.55. The van der Waals surface area contributed by atoms with Gasteiger partial charge in [0.1, 0.15) is 5.75 Å². The molecule has 1 aromatic rings. The number of carbonyl (C=O) groups is 2. The summed E-state index contributed by atoms with van der Waals surface area (Å²) in [7, 11) is 1.38. The lowest BCUT2D eigenvalue weighted by atomic mass is 10.0. The smallest absolute Gasteiger partial charge is 0.305 e. The zero-order chi connectivity index (χ0) is 13.5. The quantitative estimate of drug-likeness (QED) is 0.478. The Morgan fingerprint density at radius 2 is 2.00 bits per heavy atom.